The summed E-state index contributed by atoms with van der Waals surface area (Å²) in [6.07, 6.45) is 0.655. The van der Waals surface area contributed by atoms with Crippen LogP contribution in [0.1, 0.15) is 6.92 Å². The van der Waals surface area contributed by atoms with Crippen LogP contribution in [0.3, 0.4) is 0 Å². The van der Waals surface area contributed by atoms with Gasteiger partial charge < -0.3 is 28.9 Å². The number of fused-ring (bicyclic) bond motifs is 4. The van der Waals surface area contributed by atoms with E-state index in [9.17, 15) is 9.59 Å². The van der Waals surface area contributed by atoms with Crippen LogP contribution in [0, 0.1) is 0 Å². The molecule has 2 aromatic carbocycles. The predicted molar refractivity (Wildman–Crippen MR) is 111 cm³/mol. The molecule has 2 aromatic heterocycles. The van der Waals surface area contributed by atoms with E-state index in [0.717, 1.165) is 16.5 Å². The van der Waals surface area contributed by atoms with Crippen LogP contribution in [0.15, 0.2) is 47.4 Å². The molecule has 30 heavy (non-hydrogen) atoms. The van der Waals surface area contributed by atoms with E-state index in [0.29, 0.717) is 41.1 Å². The Bertz CT molecular complexity index is 1340. The van der Waals surface area contributed by atoms with Crippen molar-refractivity contribution in [2.24, 2.45) is 0 Å². The van der Waals surface area contributed by atoms with E-state index in [-0.39, 0.29) is 17.9 Å². The summed E-state index contributed by atoms with van der Waals surface area (Å²) in [4.78, 5) is 30.0. The minimum absolute atomic E-state index is 0.191. The standard InChI is InChI=1S/C22H18N2O6/c1-2-27-22(26)30-18-11-23-20-19(18)14-9-12(3-5-15(14)24-21(20)25)13-4-6-16-17(10-13)29-8-7-28-16/h3-6,9-11,23H,2,7-8H2,1H3,(H,24,25). The van der Waals surface area contributed by atoms with Crippen LogP contribution in [-0.4, -0.2) is 35.9 Å². The minimum atomic E-state index is -0.824. The number of carbonyl (C=O) groups excluding carboxylic acids is 1. The largest absolute Gasteiger partial charge is 0.513 e. The van der Waals surface area contributed by atoms with Gasteiger partial charge in [0.1, 0.15) is 18.7 Å². The Morgan fingerprint density at radius 3 is 2.67 bits per heavy atom. The topological polar surface area (TPSA) is 103 Å². The van der Waals surface area contributed by atoms with Crippen molar-refractivity contribution in [2.45, 2.75) is 6.92 Å². The SMILES string of the molecule is CCOC(=O)Oc1c[nH]c2c(=O)[nH]c3ccc(-c4ccc5c(c4)OCCO5)cc3c12. The number of hydrogen-bond donors (Lipinski definition) is 2. The summed E-state index contributed by atoms with van der Waals surface area (Å²) in [6.45, 7) is 2.92. The number of hydrogen-bond acceptors (Lipinski definition) is 6. The maximum absolute atomic E-state index is 12.4. The van der Waals surface area contributed by atoms with Gasteiger partial charge in [-0.25, -0.2) is 4.79 Å². The molecule has 0 atom stereocenters. The van der Waals surface area contributed by atoms with Crippen LogP contribution in [0.25, 0.3) is 32.9 Å². The smallest absolute Gasteiger partial charge is 0.486 e. The predicted octanol–water partition coefficient (Wildman–Crippen LogP) is 3.98. The quantitative estimate of drug-likeness (QED) is 0.499. The summed E-state index contributed by atoms with van der Waals surface area (Å²) in [5.41, 5.74) is 2.49. The lowest BCUT2D eigenvalue weighted by molar-refractivity contribution is 0.105. The summed E-state index contributed by atoms with van der Waals surface area (Å²) in [6, 6.07) is 11.4. The van der Waals surface area contributed by atoms with Crippen molar-refractivity contribution in [3.63, 3.8) is 0 Å². The van der Waals surface area contributed by atoms with Crippen molar-refractivity contribution in [3.05, 3.63) is 52.9 Å². The fourth-order valence-corrected chi connectivity index (χ4v) is 3.62. The van der Waals surface area contributed by atoms with Crippen LogP contribution in [0.4, 0.5) is 4.79 Å². The third-order valence-corrected chi connectivity index (χ3v) is 4.94. The Morgan fingerprint density at radius 2 is 1.83 bits per heavy atom. The van der Waals surface area contributed by atoms with Gasteiger partial charge >= 0.3 is 6.16 Å². The number of carbonyl (C=O) groups is 1. The second kappa shape index (κ2) is 7.14. The maximum atomic E-state index is 12.4. The lowest BCUT2D eigenvalue weighted by atomic mass is 10.0. The highest BCUT2D eigenvalue weighted by Gasteiger charge is 2.17. The molecular weight excluding hydrogens is 388 g/mol. The molecule has 0 fully saturated rings. The first-order chi connectivity index (χ1) is 14.6. The van der Waals surface area contributed by atoms with Crippen LogP contribution in [0.5, 0.6) is 17.2 Å². The Kier molecular flexibility index (Phi) is 4.31. The van der Waals surface area contributed by atoms with Crippen molar-refractivity contribution in [1.82, 2.24) is 9.97 Å². The van der Waals surface area contributed by atoms with Crippen molar-refractivity contribution in [1.29, 1.82) is 0 Å². The molecule has 1 aliphatic heterocycles. The summed E-state index contributed by atoms with van der Waals surface area (Å²) in [5, 5.41) is 1.25. The number of nitrogens with one attached hydrogen (secondary N) is 2. The van der Waals surface area contributed by atoms with Crippen molar-refractivity contribution in [3.8, 4) is 28.4 Å². The zero-order chi connectivity index (χ0) is 20.7. The molecule has 8 heteroatoms. The van der Waals surface area contributed by atoms with Gasteiger partial charge in [-0.1, -0.05) is 12.1 Å². The van der Waals surface area contributed by atoms with Gasteiger partial charge in [0.15, 0.2) is 17.2 Å². The van der Waals surface area contributed by atoms with E-state index in [2.05, 4.69) is 9.97 Å². The number of aromatic amines is 2. The first kappa shape index (κ1) is 18.1. The van der Waals surface area contributed by atoms with Gasteiger partial charge in [0.2, 0.25) is 0 Å². The fourth-order valence-electron chi connectivity index (χ4n) is 3.62. The van der Waals surface area contributed by atoms with E-state index in [4.69, 9.17) is 18.9 Å². The summed E-state index contributed by atoms with van der Waals surface area (Å²) >= 11 is 0. The monoisotopic (exact) mass is 406 g/mol. The molecule has 0 saturated carbocycles. The molecular formula is C22H18N2O6. The Morgan fingerprint density at radius 1 is 1.07 bits per heavy atom. The third-order valence-electron chi connectivity index (χ3n) is 4.94. The summed E-state index contributed by atoms with van der Waals surface area (Å²) < 4.78 is 21.4. The molecule has 0 radical (unpaired) electrons. The number of benzene rings is 2. The van der Waals surface area contributed by atoms with E-state index in [1.807, 2.05) is 36.4 Å². The number of aromatic nitrogens is 2. The molecule has 0 amide bonds. The molecule has 0 unspecified atom stereocenters. The first-order valence-corrected chi connectivity index (χ1v) is 9.56. The first-order valence-electron chi connectivity index (χ1n) is 9.56. The zero-order valence-electron chi connectivity index (χ0n) is 16.1. The van der Waals surface area contributed by atoms with Gasteiger partial charge in [0.25, 0.3) is 5.56 Å². The van der Waals surface area contributed by atoms with Crippen molar-refractivity contribution in [2.75, 3.05) is 19.8 Å². The normalized spacial score (nSPS) is 12.8. The molecule has 0 saturated heterocycles. The minimum Gasteiger partial charge on any atom is -0.486 e. The Balaban J connectivity index is 1.67. The Hall–Kier alpha value is -3.94. The molecule has 5 rings (SSSR count). The van der Waals surface area contributed by atoms with E-state index in [1.165, 1.54) is 6.20 Å². The van der Waals surface area contributed by atoms with Gasteiger partial charge in [0.05, 0.1) is 12.0 Å². The van der Waals surface area contributed by atoms with Crippen molar-refractivity contribution < 1.29 is 23.7 Å². The van der Waals surface area contributed by atoms with E-state index >= 15 is 0 Å². The maximum Gasteiger partial charge on any atom is 0.513 e. The van der Waals surface area contributed by atoms with Gasteiger partial charge in [-0.05, 0) is 42.3 Å². The van der Waals surface area contributed by atoms with Gasteiger partial charge in [-0.3, -0.25) is 4.79 Å². The van der Waals surface area contributed by atoms with Crippen LogP contribution in [0.2, 0.25) is 0 Å². The van der Waals surface area contributed by atoms with E-state index < -0.39 is 6.16 Å². The van der Waals surface area contributed by atoms with Crippen molar-refractivity contribution >= 4 is 28.0 Å². The summed E-state index contributed by atoms with van der Waals surface area (Å²) in [5.74, 6) is 1.64. The molecule has 0 spiro atoms. The highest BCUT2D eigenvalue weighted by atomic mass is 16.7. The van der Waals surface area contributed by atoms with Gasteiger partial charge in [0, 0.05) is 17.1 Å². The average molecular weight is 406 g/mol. The lowest BCUT2D eigenvalue weighted by Crippen LogP contribution is -2.15. The highest BCUT2D eigenvalue weighted by Crippen LogP contribution is 2.37. The molecule has 0 aliphatic carbocycles. The molecule has 4 aromatic rings. The van der Waals surface area contributed by atoms with Crippen LogP contribution < -0.4 is 19.8 Å². The zero-order valence-corrected chi connectivity index (χ0v) is 16.1. The van der Waals surface area contributed by atoms with Gasteiger partial charge in [-0.2, -0.15) is 0 Å². The number of pyridine rings is 1. The van der Waals surface area contributed by atoms with Gasteiger partial charge in [-0.15, -0.1) is 0 Å². The number of H-pyrrole nitrogens is 2. The molecule has 152 valence electrons. The second-order valence-electron chi connectivity index (χ2n) is 6.76. The highest BCUT2D eigenvalue weighted by molar-refractivity contribution is 6.09. The molecule has 0 bridgehead atoms. The summed E-state index contributed by atoms with van der Waals surface area (Å²) in [7, 11) is 0. The molecule has 8 nitrogen and oxygen atoms in total. The molecule has 1 aliphatic rings. The number of rotatable bonds is 3. The lowest BCUT2D eigenvalue weighted by Gasteiger charge is -2.19. The second-order valence-corrected chi connectivity index (χ2v) is 6.76. The van der Waals surface area contributed by atoms with E-state index in [1.54, 1.807) is 6.92 Å². The number of ether oxygens (including phenoxy) is 4. The Labute approximate surface area is 170 Å². The average Bonchev–Trinajstić information content (AvgIpc) is 3.18. The van der Waals surface area contributed by atoms with Crippen LogP contribution >= 0.6 is 0 Å². The molecule has 3 heterocycles. The van der Waals surface area contributed by atoms with Crippen LogP contribution in [-0.2, 0) is 4.74 Å². The third kappa shape index (κ3) is 3.02. The fraction of sp³-hybridized carbons (Fsp3) is 0.182. The molecule has 2 N–H and O–H groups in total.